The van der Waals surface area contributed by atoms with Crippen molar-refractivity contribution in [2.75, 3.05) is 0 Å². The zero-order valence-electron chi connectivity index (χ0n) is 5.76. The zero-order chi connectivity index (χ0) is 6.85. The van der Waals surface area contributed by atoms with Crippen LogP contribution < -0.4 is 0 Å². The molecule has 0 amide bonds. The van der Waals surface area contributed by atoms with E-state index in [0.717, 1.165) is 17.8 Å². The van der Waals surface area contributed by atoms with Crippen LogP contribution >= 0.6 is 0 Å². The maximum absolute atomic E-state index is 5.46. The number of aromatic nitrogens is 2. The fourth-order valence-electron chi connectivity index (χ4n) is 0.834. The van der Waals surface area contributed by atoms with Gasteiger partial charge >= 0.3 is 0 Å². The summed E-state index contributed by atoms with van der Waals surface area (Å²) in [5, 5.41) is 3.98. The van der Waals surface area contributed by atoms with Crippen molar-refractivity contribution in [2.45, 2.75) is 20.3 Å². The highest BCUT2D eigenvalue weighted by molar-refractivity contribution is 5.08. The largest absolute Gasteiger partial charge is 0.262 e. The van der Waals surface area contributed by atoms with Crippen molar-refractivity contribution in [3.05, 3.63) is 24.5 Å². The van der Waals surface area contributed by atoms with E-state index in [4.69, 9.17) is 7.05 Å². The molecule has 0 bridgehead atoms. The Morgan fingerprint density at radius 3 is 2.67 bits per heavy atom. The average Bonchev–Trinajstić information content (AvgIpc) is 2.10. The van der Waals surface area contributed by atoms with Gasteiger partial charge in [-0.25, -0.2) is 0 Å². The summed E-state index contributed by atoms with van der Waals surface area (Å²) in [6.45, 7) is 3.99. The Bertz CT molecular complexity index is 201. The van der Waals surface area contributed by atoms with E-state index in [-0.39, 0.29) is 0 Å². The summed E-state index contributed by atoms with van der Waals surface area (Å²) in [6, 6.07) is 1.99. The molecule has 0 aliphatic rings. The average molecular weight is 122 g/mol. The summed E-state index contributed by atoms with van der Waals surface area (Å²) < 4.78 is 1.43. The van der Waals surface area contributed by atoms with Gasteiger partial charge in [0.05, 0.1) is 5.69 Å². The molecule has 1 aromatic rings. The number of hydrogen-bond donors (Lipinski definition) is 0. The first-order valence-electron chi connectivity index (χ1n) is 3.04. The normalized spacial score (nSPS) is 10.1. The van der Waals surface area contributed by atoms with Gasteiger partial charge in [-0.3, -0.25) is 4.68 Å². The van der Waals surface area contributed by atoms with Gasteiger partial charge in [0.1, 0.15) is 7.05 Å². The lowest BCUT2D eigenvalue weighted by Gasteiger charge is -1.91. The summed E-state index contributed by atoms with van der Waals surface area (Å²) in [4.78, 5) is 0. The van der Waals surface area contributed by atoms with Gasteiger partial charge in [0.15, 0.2) is 0 Å². The lowest BCUT2D eigenvalue weighted by Crippen LogP contribution is -1.92. The first-order chi connectivity index (χ1) is 4.24. The molecule has 0 fully saturated rings. The molecular weight excluding hydrogens is 112 g/mol. The van der Waals surface area contributed by atoms with Crippen molar-refractivity contribution in [2.24, 2.45) is 0 Å². The van der Waals surface area contributed by atoms with Crippen LogP contribution in [0.1, 0.15) is 18.3 Å². The third-order valence-corrected chi connectivity index (χ3v) is 1.30. The standard InChI is InChI=1S/C7H10N2/c1-4-7-5-6(2)8-9(7)3/h3,5H,4H2,1-2H3. The molecule has 2 nitrogen and oxygen atoms in total. The zero-order valence-corrected chi connectivity index (χ0v) is 5.76. The van der Waals surface area contributed by atoms with Crippen molar-refractivity contribution in [3.8, 4) is 0 Å². The Morgan fingerprint density at radius 1 is 1.78 bits per heavy atom. The maximum Gasteiger partial charge on any atom is 0.101 e. The Labute approximate surface area is 55.5 Å². The van der Waals surface area contributed by atoms with Crippen LogP contribution in [-0.2, 0) is 6.42 Å². The van der Waals surface area contributed by atoms with Crippen molar-refractivity contribution < 1.29 is 0 Å². The van der Waals surface area contributed by atoms with E-state index in [0.29, 0.717) is 0 Å². The number of rotatable bonds is 1. The van der Waals surface area contributed by atoms with Crippen molar-refractivity contribution in [3.63, 3.8) is 0 Å². The summed E-state index contributed by atoms with van der Waals surface area (Å²) in [6.07, 6.45) is 0.942. The van der Waals surface area contributed by atoms with E-state index in [1.807, 2.05) is 13.0 Å². The second-order valence-corrected chi connectivity index (χ2v) is 2.08. The van der Waals surface area contributed by atoms with E-state index >= 15 is 0 Å². The molecule has 48 valence electrons. The van der Waals surface area contributed by atoms with Crippen LogP contribution in [0.3, 0.4) is 0 Å². The predicted molar refractivity (Wildman–Crippen MR) is 36.0 cm³/mol. The third kappa shape index (κ3) is 1.12. The number of aryl methyl sites for hydroxylation is 2. The van der Waals surface area contributed by atoms with Gasteiger partial charge < -0.3 is 0 Å². The van der Waals surface area contributed by atoms with Crippen molar-refractivity contribution >= 4 is 0 Å². The summed E-state index contributed by atoms with van der Waals surface area (Å²) in [5.74, 6) is 0. The summed E-state index contributed by atoms with van der Waals surface area (Å²) >= 11 is 0. The quantitative estimate of drug-likeness (QED) is 0.548. The second kappa shape index (κ2) is 2.21. The fourth-order valence-corrected chi connectivity index (χ4v) is 0.834. The lowest BCUT2D eigenvalue weighted by atomic mass is 10.3. The van der Waals surface area contributed by atoms with Crippen LogP contribution in [0.4, 0.5) is 0 Å². The molecule has 2 radical (unpaired) electrons. The van der Waals surface area contributed by atoms with Gasteiger partial charge in [-0.2, -0.15) is 5.10 Å². The molecule has 0 aliphatic carbocycles. The van der Waals surface area contributed by atoms with Crippen LogP contribution in [0, 0.1) is 14.0 Å². The minimum atomic E-state index is 0.942. The summed E-state index contributed by atoms with van der Waals surface area (Å²) in [5.41, 5.74) is 2.06. The smallest absolute Gasteiger partial charge is 0.101 e. The van der Waals surface area contributed by atoms with Crippen LogP contribution in [0.2, 0.25) is 0 Å². The molecule has 0 saturated carbocycles. The molecule has 0 unspecified atom stereocenters. The van der Waals surface area contributed by atoms with Crippen LogP contribution in [0.25, 0.3) is 0 Å². The van der Waals surface area contributed by atoms with Crippen LogP contribution in [0.15, 0.2) is 6.07 Å². The van der Waals surface area contributed by atoms with Gasteiger partial charge in [0, 0.05) is 5.69 Å². The first-order valence-corrected chi connectivity index (χ1v) is 3.04. The molecule has 1 rings (SSSR count). The minimum Gasteiger partial charge on any atom is -0.262 e. The highest BCUT2D eigenvalue weighted by Gasteiger charge is 1.96. The van der Waals surface area contributed by atoms with E-state index in [2.05, 4.69) is 12.0 Å². The van der Waals surface area contributed by atoms with Crippen molar-refractivity contribution in [1.82, 2.24) is 9.78 Å². The van der Waals surface area contributed by atoms with E-state index < -0.39 is 0 Å². The van der Waals surface area contributed by atoms with Crippen LogP contribution in [0.5, 0.6) is 0 Å². The SMILES string of the molecule is [CH]n1nc(C)cc1CC. The topological polar surface area (TPSA) is 17.8 Å². The van der Waals surface area contributed by atoms with Crippen LogP contribution in [-0.4, -0.2) is 9.78 Å². The Morgan fingerprint density at radius 2 is 2.44 bits per heavy atom. The van der Waals surface area contributed by atoms with Gasteiger partial charge in [-0.1, -0.05) is 6.92 Å². The second-order valence-electron chi connectivity index (χ2n) is 2.08. The van der Waals surface area contributed by atoms with E-state index in [9.17, 15) is 0 Å². The molecule has 0 aliphatic heterocycles. The fraction of sp³-hybridized carbons (Fsp3) is 0.429. The van der Waals surface area contributed by atoms with E-state index in [1.165, 1.54) is 4.68 Å². The molecule has 1 aromatic heterocycles. The first kappa shape index (κ1) is 6.33. The monoisotopic (exact) mass is 122 g/mol. The lowest BCUT2D eigenvalue weighted by molar-refractivity contribution is 0.800. The molecule has 0 atom stereocenters. The van der Waals surface area contributed by atoms with Crippen molar-refractivity contribution in [1.29, 1.82) is 0 Å². The predicted octanol–water partition coefficient (Wildman–Crippen LogP) is 1.27. The maximum atomic E-state index is 5.46. The molecule has 0 saturated heterocycles. The molecule has 9 heavy (non-hydrogen) atoms. The van der Waals surface area contributed by atoms with Gasteiger partial charge in [-0.15, -0.1) is 0 Å². The molecule has 0 aromatic carbocycles. The Balaban J connectivity index is 3.01. The van der Waals surface area contributed by atoms with Gasteiger partial charge in [0.2, 0.25) is 0 Å². The molecule has 0 N–H and O–H groups in total. The molecular formula is C7H10N2. The number of hydrogen-bond acceptors (Lipinski definition) is 1. The molecule has 2 heteroatoms. The number of nitrogens with zero attached hydrogens (tertiary/aromatic N) is 2. The third-order valence-electron chi connectivity index (χ3n) is 1.30. The minimum absolute atomic E-state index is 0.942. The Hall–Kier alpha value is -0.790. The molecule has 1 heterocycles. The Kier molecular flexibility index (Phi) is 1.56. The highest BCUT2D eigenvalue weighted by Crippen LogP contribution is 2.01. The summed E-state index contributed by atoms with van der Waals surface area (Å²) in [7, 11) is 5.46. The highest BCUT2D eigenvalue weighted by atomic mass is 15.3. The molecule has 0 spiro atoms. The van der Waals surface area contributed by atoms with Gasteiger partial charge in [-0.05, 0) is 19.4 Å². The van der Waals surface area contributed by atoms with E-state index in [1.54, 1.807) is 0 Å². The van der Waals surface area contributed by atoms with Gasteiger partial charge in [0.25, 0.3) is 0 Å².